The van der Waals surface area contributed by atoms with Gasteiger partial charge < -0.3 is 19.7 Å². The second-order valence-corrected chi connectivity index (χ2v) is 3.75. The molecule has 1 aromatic rings. The number of carbonyl (C=O) groups is 2. The van der Waals surface area contributed by atoms with E-state index in [1.54, 1.807) is 0 Å². The summed E-state index contributed by atoms with van der Waals surface area (Å²) in [6.07, 6.45) is 1.44. The average Bonchev–Trinajstić information content (AvgIpc) is 2.97. The Kier molecular flexibility index (Phi) is 3.38. The van der Waals surface area contributed by atoms with Crippen molar-refractivity contribution in [2.45, 2.75) is 25.0 Å². The zero-order chi connectivity index (χ0) is 12.3. The summed E-state index contributed by atoms with van der Waals surface area (Å²) < 4.78 is 9.90. The SMILES string of the molecule is O=C(NCC1CCC(C(=O)O)O1)c1ccno1. The Morgan fingerprint density at radius 2 is 2.35 bits per heavy atom. The van der Waals surface area contributed by atoms with Crippen LogP contribution in [-0.2, 0) is 9.53 Å². The molecule has 17 heavy (non-hydrogen) atoms. The van der Waals surface area contributed by atoms with E-state index in [0.717, 1.165) is 0 Å². The Labute approximate surface area is 96.7 Å². The fourth-order valence-corrected chi connectivity index (χ4v) is 1.66. The van der Waals surface area contributed by atoms with Crippen molar-refractivity contribution < 1.29 is 24.0 Å². The summed E-state index contributed by atoms with van der Waals surface area (Å²) in [7, 11) is 0. The Balaban J connectivity index is 1.76. The van der Waals surface area contributed by atoms with E-state index in [4.69, 9.17) is 9.84 Å². The lowest BCUT2D eigenvalue weighted by Crippen LogP contribution is -2.32. The predicted octanol–water partition coefficient (Wildman–Crippen LogP) is 0.0366. The number of nitrogens with one attached hydrogen (secondary N) is 1. The maximum absolute atomic E-state index is 11.5. The quantitative estimate of drug-likeness (QED) is 0.770. The zero-order valence-electron chi connectivity index (χ0n) is 8.96. The van der Waals surface area contributed by atoms with E-state index in [-0.39, 0.29) is 24.3 Å². The van der Waals surface area contributed by atoms with E-state index in [1.165, 1.54) is 12.3 Å². The molecule has 1 aliphatic heterocycles. The van der Waals surface area contributed by atoms with Gasteiger partial charge in [-0.25, -0.2) is 4.79 Å². The summed E-state index contributed by atoms with van der Waals surface area (Å²) in [5, 5.41) is 14.7. The molecule has 1 aromatic heterocycles. The standard InChI is InChI=1S/C10H12N2O5/c13-9(7-3-4-12-17-7)11-5-6-1-2-8(16-6)10(14)15/h3-4,6,8H,1-2,5H2,(H,11,13)(H,14,15). The van der Waals surface area contributed by atoms with Gasteiger partial charge >= 0.3 is 5.97 Å². The van der Waals surface area contributed by atoms with E-state index >= 15 is 0 Å². The number of carboxylic acids is 1. The van der Waals surface area contributed by atoms with Crippen molar-refractivity contribution in [1.82, 2.24) is 10.5 Å². The number of rotatable bonds is 4. The molecule has 1 amide bonds. The molecule has 1 aliphatic rings. The maximum atomic E-state index is 11.5. The number of ether oxygens (including phenoxy) is 1. The second kappa shape index (κ2) is 4.96. The Morgan fingerprint density at radius 3 is 2.94 bits per heavy atom. The van der Waals surface area contributed by atoms with Gasteiger partial charge in [-0.2, -0.15) is 0 Å². The summed E-state index contributed by atoms with van der Waals surface area (Å²) in [5.74, 6) is -1.23. The molecule has 2 N–H and O–H groups in total. The number of nitrogens with zero attached hydrogens (tertiary/aromatic N) is 1. The van der Waals surface area contributed by atoms with Crippen molar-refractivity contribution >= 4 is 11.9 Å². The van der Waals surface area contributed by atoms with Crippen molar-refractivity contribution in [1.29, 1.82) is 0 Å². The van der Waals surface area contributed by atoms with Gasteiger partial charge in [0.05, 0.1) is 12.3 Å². The lowest BCUT2D eigenvalue weighted by Gasteiger charge is -2.11. The van der Waals surface area contributed by atoms with Crippen LogP contribution in [0.5, 0.6) is 0 Å². The maximum Gasteiger partial charge on any atom is 0.332 e. The smallest absolute Gasteiger partial charge is 0.332 e. The van der Waals surface area contributed by atoms with Gasteiger partial charge in [0.15, 0.2) is 6.10 Å². The number of hydrogen-bond acceptors (Lipinski definition) is 5. The second-order valence-electron chi connectivity index (χ2n) is 3.75. The van der Waals surface area contributed by atoms with Crippen molar-refractivity contribution in [2.24, 2.45) is 0 Å². The van der Waals surface area contributed by atoms with Crippen LogP contribution in [0, 0.1) is 0 Å². The molecule has 0 bridgehead atoms. The molecular weight excluding hydrogens is 228 g/mol. The zero-order valence-corrected chi connectivity index (χ0v) is 8.96. The molecule has 0 radical (unpaired) electrons. The number of carboxylic acid groups (broad SMARTS) is 1. The molecule has 0 saturated carbocycles. The highest BCUT2D eigenvalue weighted by molar-refractivity contribution is 5.91. The fourth-order valence-electron chi connectivity index (χ4n) is 1.66. The number of aliphatic carboxylic acids is 1. The van der Waals surface area contributed by atoms with Crippen LogP contribution in [0.3, 0.4) is 0 Å². The lowest BCUT2D eigenvalue weighted by atomic mass is 10.2. The fraction of sp³-hybridized carbons (Fsp3) is 0.500. The normalized spacial score (nSPS) is 23.5. The minimum Gasteiger partial charge on any atom is -0.479 e. The highest BCUT2D eigenvalue weighted by Crippen LogP contribution is 2.19. The summed E-state index contributed by atoms with van der Waals surface area (Å²) in [6.45, 7) is 0.267. The van der Waals surface area contributed by atoms with Crippen molar-refractivity contribution in [3.63, 3.8) is 0 Å². The van der Waals surface area contributed by atoms with E-state index < -0.39 is 12.1 Å². The van der Waals surface area contributed by atoms with Crippen molar-refractivity contribution in [3.8, 4) is 0 Å². The minimum absolute atomic E-state index is 0.123. The number of carbonyl (C=O) groups excluding carboxylic acids is 1. The molecule has 1 saturated heterocycles. The van der Waals surface area contributed by atoms with Gasteiger partial charge in [-0.05, 0) is 12.8 Å². The Morgan fingerprint density at radius 1 is 1.53 bits per heavy atom. The molecule has 0 spiro atoms. The topological polar surface area (TPSA) is 102 Å². The summed E-state index contributed by atoms with van der Waals surface area (Å²) in [4.78, 5) is 22.1. The monoisotopic (exact) mass is 240 g/mol. The molecular formula is C10H12N2O5. The largest absolute Gasteiger partial charge is 0.479 e. The lowest BCUT2D eigenvalue weighted by molar-refractivity contribution is -0.149. The van der Waals surface area contributed by atoms with Crippen LogP contribution in [0.25, 0.3) is 0 Å². The average molecular weight is 240 g/mol. The number of hydrogen-bond donors (Lipinski definition) is 2. The van der Waals surface area contributed by atoms with Crippen LogP contribution in [0.4, 0.5) is 0 Å². The Hall–Kier alpha value is -1.89. The molecule has 1 fully saturated rings. The molecule has 2 heterocycles. The van der Waals surface area contributed by atoms with Crippen LogP contribution < -0.4 is 5.32 Å². The van der Waals surface area contributed by atoms with Crippen LogP contribution in [0.2, 0.25) is 0 Å². The molecule has 7 nitrogen and oxygen atoms in total. The highest BCUT2D eigenvalue weighted by Gasteiger charge is 2.30. The predicted molar refractivity (Wildman–Crippen MR) is 54.4 cm³/mol. The molecule has 92 valence electrons. The number of aromatic nitrogens is 1. The van der Waals surface area contributed by atoms with E-state index in [1.807, 2.05) is 0 Å². The van der Waals surface area contributed by atoms with Crippen LogP contribution in [0.15, 0.2) is 16.8 Å². The molecule has 0 aliphatic carbocycles. The summed E-state index contributed by atoms with van der Waals surface area (Å²) >= 11 is 0. The number of amides is 1. The van der Waals surface area contributed by atoms with Gasteiger partial charge in [-0.3, -0.25) is 4.79 Å². The first-order valence-electron chi connectivity index (χ1n) is 5.24. The van der Waals surface area contributed by atoms with Crippen LogP contribution in [0.1, 0.15) is 23.4 Å². The molecule has 2 rings (SSSR count). The highest BCUT2D eigenvalue weighted by atomic mass is 16.5. The molecule has 7 heteroatoms. The molecule has 2 atom stereocenters. The van der Waals surface area contributed by atoms with Crippen molar-refractivity contribution in [3.05, 3.63) is 18.0 Å². The van der Waals surface area contributed by atoms with Gasteiger partial charge in [0.1, 0.15) is 0 Å². The first kappa shape index (κ1) is 11.6. The molecule has 2 unspecified atom stereocenters. The third kappa shape index (κ3) is 2.82. The van der Waals surface area contributed by atoms with Crippen LogP contribution in [-0.4, -0.2) is 40.9 Å². The van der Waals surface area contributed by atoms with Gasteiger partial charge in [0, 0.05) is 12.6 Å². The van der Waals surface area contributed by atoms with Crippen LogP contribution >= 0.6 is 0 Å². The van der Waals surface area contributed by atoms with Gasteiger partial charge in [0.25, 0.3) is 5.91 Å². The van der Waals surface area contributed by atoms with Gasteiger partial charge in [-0.15, -0.1) is 0 Å². The van der Waals surface area contributed by atoms with E-state index in [2.05, 4.69) is 15.0 Å². The van der Waals surface area contributed by atoms with Gasteiger partial charge in [0.2, 0.25) is 5.76 Å². The van der Waals surface area contributed by atoms with E-state index in [9.17, 15) is 9.59 Å². The molecule has 0 aromatic carbocycles. The van der Waals surface area contributed by atoms with Gasteiger partial charge in [-0.1, -0.05) is 5.16 Å². The summed E-state index contributed by atoms with van der Waals surface area (Å²) in [6, 6.07) is 1.45. The summed E-state index contributed by atoms with van der Waals surface area (Å²) in [5.41, 5.74) is 0. The third-order valence-electron chi connectivity index (χ3n) is 2.53. The minimum atomic E-state index is -0.964. The first-order valence-corrected chi connectivity index (χ1v) is 5.24. The van der Waals surface area contributed by atoms with E-state index in [0.29, 0.717) is 12.8 Å². The van der Waals surface area contributed by atoms with Crippen molar-refractivity contribution in [2.75, 3.05) is 6.54 Å². The third-order valence-corrected chi connectivity index (χ3v) is 2.53. The first-order chi connectivity index (χ1) is 8.16. The Bertz CT molecular complexity index is 403.